The lowest BCUT2D eigenvalue weighted by atomic mass is 10.2. The molecular formula is C20H15ClN4O2S2. The molecule has 0 bridgehead atoms. The van der Waals surface area contributed by atoms with Gasteiger partial charge in [-0.25, -0.2) is 4.98 Å². The van der Waals surface area contributed by atoms with Gasteiger partial charge in [-0.15, -0.1) is 21.5 Å². The Morgan fingerprint density at radius 1 is 1.07 bits per heavy atom. The van der Waals surface area contributed by atoms with Crippen LogP contribution >= 0.6 is 34.3 Å². The van der Waals surface area contributed by atoms with Crippen LogP contribution in [0.2, 0.25) is 5.02 Å². The SMILES string of the molecule is Cc1nc(COc2ccc(Cl)cc2)sc1C(=O)Nc1nnc(-c2ccccc2)s1. The molecule has 9 heteroatoms. The van der Waals surface area contributed by atoms with Gasteiger partial charge in [0.05, 0.1) is 5.69 Å². The van der Waals surface area contributed by atoms with Gasteiger partial charge in [-0.3, -0.25) is 10.1 Å². The standard InChI is InChI=1S/C20H15ClN4O2S2/c1-12-17(28-16(22-12)11-27-15-9-7-14(21)8-10-15)18(26)23-20-25-24-19(29-20)13-5-3-2-4-6-13/h2-10H,11H2,1H3,(H,23,25,26). The van der Waals surface area contributed by atoms with E-state index in [9.17, 15) is 4.79 Å². The lowest BCUT2D eigenvalue weighted by molar-refractivity contribution is 0.102. The largest absolute Gasteiger partial charge is 0.486 e. The third kappa shape index (κ3) is 4.79. The number of carbonyl (C=O) groups is 1. The number of ether oxygens (including phenoxy) is 1. The zero-order valence-electron chi connectivity index (χ0n) is 15.3. The van der Waals surface area contributed by atoms with Crippen molar-refractivity contribution in [3.8, 4) is 16.3 Å². The first kappa shape index (κ1) is 19.5. The third-order valence-corrected chi connectivity index (χ3v) is 6.16. The zero-order valence-corrected chi connectivity index (χ0v) is 17.6. The number of nitrogens with zero attached hydrogens (tertiary/aromatic N) is 3. The van der Waals surface area contributed by atoms with Crippen LogP contribution in [-0.4, -0.2) is 21.1 Å². The van der Waals surface area contributed by atoms with E-state index in [-0.39, 0.29) is 12.5 Å². The molecule has 29 heavy (non-hydrogen) atoms. The number of hydrogen-bond donors (Lipinski definition) is 1. The molecule has 2 aromatic carbocycles. The maximum atomic E-state index is 12.6. The van der Waals surface area contributed by atoms with Gasteiger partial charge < -0.3 is 4.74 Å². The number of thiazole rings is 1. The number of halogens is 1. The van der Waals surface area contributed by atoms with Gasteiger partial charge in [0, 0.05) is 10.6 Å². The summed E-state index contributed by atoms with van der Waals surface area (Å²) in [5.41, 5.74) is 1.61. The summed E-state index contributed by atoms with van der Waals surface area (Å²) < 4.78 is 5.70. The van der Waals surface area contributed by atoms with Gasteiger partial charge in [-0.05, 0) is 31.2 Å². The van der Waals surface area contributed by atoms with E-state index in [2.05, 4.69) is 20.5 Å². The van der Waals surface area contributed by atoms with E-state index in [0.29, 0.717) is 31.5 Å². The molecule has 6 nitrogen and oxygen atoms in total. The van der Waals surface area contributed by atoms with Crippen LogP contribution in [0.1, 0.15) is 20.4 Å². The summed E-state index contributed by atoms with van der Waals surface area (Å²) in [6.45, 7) is 2.07. The molecule has 1 amide bonds. The number of aromatic nitrogens is 3. The predicted molar refractivity (Wildman–Crippen MR) is 116 cm³/mol. The number of rotatable bonds is 6. The van der Waals surface area contributed by atoms with Crippen molar-refractivity contribution < 1.29 is 9.53 Å². The van der Waals surface area contributed by atoms with Crippen LogP contribution in [0.3, 0.4) is 0 Å². The monoisotopic (exact) mass is 442 g/mol. The molecule has 2 aromatic heterocycles. The average Bonchev–Trinajstić information content (AvgIpc) is 3.35. The summed E-state index contributed by atoms with van der Waals surface area (Å²) in [7, 11) is 0. The normalized spacial score (nSPS) is 10.7. The lowest BCUT2D eigenvalue weighted by Gasteiger charge is -2.03. The molecule has 0 saturated heterocycles. The smallest absolute Gasteiger partial charge is 0.269 e. The van der Waals surface area contributed by atoms with Crippen molar-refractivity contribution in [3.63, 3.8) is 0 Å². The fourth-order valence-corrected chi connectivity index (χ4v) is 4.27. The molecule has 1 N–H and O–H groups in total. The zero-order chi connectivity index (χ0) is 20.2. The fourth-order valence-electron chi connectivity index (χ4n) is 2.53. The van der Waals surface area contributed by atoms with E-state index in [1.54, 1.807) is 31.2 Å². The number of nitrogens with one attached hydrogen (secondary N) is 1. The van der Waals surface area contributed by atoms with Crippen molar-refractivity contribution in [3.05, 3.63) is 75.2 Å². The molecule has 0 spiro atoms. The van der Waals surface area contributed by atoms with Crippen molar-refractivity contribution in [2.75, 3.05) is 5.32 Å². The average molecular weight is 443 g/mol. The molecule has 0 aliphatic heterocycles. The maximum absolute atomic E-state index is 12.6. The molecule has 0 radical (unpaired) electrons. The lowest BCUT2D eigenvalue weighted by Crippen LogP contribution is -2.11. The van der Waals surface area contributed by atoms with E-state index in [1.807, 2.05) is 30.3 Å². The fraction of sp³-hybridized carbons (Fsp3) is 0.100. The van der Waals surface area contributed by atoms with Crippen molar-refractivity contribution in [1.82, 2.24) is 15.2 Å². The van der Waals surface area contributed by atoms with Gasteiger partial charge in [0.15, 0.2) is 0 Å². The topological polar surface area (TPSA) is 77.0 Å². The van der Waals surface area contributed by atoms with Crippen molar-refractivity contribution >= 4 is 45.3 Å². The van der Waals surface area contributed by atoms with E-state index < -0.39 is 0 Å². The summed E-state index contributed by atoms with van der Waals surface area (Å²) in [5.74, 6) is 0.434. The number of amides is 1. The Hall–Kier alpha value is -2.81. The van der Waals surface area contributed by atoms with E-state index >= 15 is 0 Å². The van der Waals surface area contributed by atoms with E-state index in [1.165, 1.54) is 22.7 Å². The van der Waals surface area contributed by atoms with Crippen LogP contribution in [0.5, 0.6) is 5.75 Å². The van der Waals surface area contributed by atoms with Gasteiger partial charge in [0.1, 0.15) is 27.2 Å². The highest BCUT2D eigenvalue weighted by Gasteiger charge is 2.18. The molecule has 2 heterocycles. The van der Waals surface area contributed by atoms with Gasteiger partial charge >= 0.3 is 0 Å². The minimum Gasteiger partial charge on any atom is -0.486 e. The van der Waals surface area contributed by atoms with Crippen LogP contribution in [0.15, 0.2) is 54.6 Å². The summed E-state index contributed by atoms with van der Waals surface area (Å²) in [5, 5.41) is 13.6. The molecular weight excluding hydrogens is 428 g/mol. The number of hydrogen-bond acceptors (Lipinski definition) is 7. The molecule has 0 aliphatic carbocycles. The summed E-state index contributed by atoms with van der Waals surface area (Å²) in [6, 6.07) is 16.8. The Bertz CT molecular complexity index is 1130. The predicted octanol–water partition coefficient (Wildman–Crippen LogP) is 5.45. The highest BCUT2D eigenvalue weighted by Crippen LogP contribution is 2.27. The van der Waals surface area contributed by atoms with Gasteiger partial charge in [-0.1, -0.05) is 53.3 Å². The van der Waals surface area contributed by atoms with E-state index in [0.717, 1.165) is 10.6 Å². The van der Waals surface area contributed by atoms with Crippen LogP contribution in [0, 0.1) is 6.92 Å². The second-order valence-corrected chi connectivity index (χ2v) is 8.49. The molecule has 146 valence electrons. The summed E-state index contributed by atoms with van der Waals surface area (Å²) in [4.78, 5) is 17.6. The number of anilines is 1. The maximum Gasteiger partial charge on any atom is 0.269 e. The molecule has 0 atom stereocenters. The van der Waals surface area contributed by atoms with Gasteiger partial charge in [-0.2, -0.15) is 0 Å². The summed E-state index contributed by atoms with van der Waals surface area (Å²) >= 11 is 8.49. The number of benzene rings is 2. The number of carbonyl (C=O) groups excluding carboxylic acids is 1. The van der Waals surface area contributed by atoms with Crippen LogP contribution in [0.25, 0.3) is 10.6 Å². The number of aryl methyl sites for hydroxylation is 1. The van der Waals surface area contributed by atoms with Gasteiger partial charge in [0.2, 0.25) is 5.13 Å². The van der Waals surface area contributed by atoms with Crippen LogP contribution in [0.4, 0.5) is 5.13 Å². The quantitative estimate of drug-likeness (QED) is 0.429. The first-order valence-electron chi connectivity index (χ1n) is 8.63. The first-order valence-corrected chi connectivity index (χ1v) is 10.6. The van der Waals surface area contributed by atoms with Crippen LogP contribution < -0.4 is 10.1 Å². The van der Waals surface area contributed by atoms with Crippen molar-refractivity contribution in [2.45, 2.75) is 13.5 Å². The van der Waals surface area contributed by atoms with Crippen molar-refractivity contribution in [1.29, 1.82) is 0 Å². The summed E-state index contributed by atoms with van der Waals surface area (Å²) in [6.07, 6.45) is 0. The molecule has 0 saturated carbocycles. The van der Waals surface area contributed by atoms with Gasteiger partial charge in [0.25, 0.3) is 5.91 Å². The van der Waals surface area contributed by atoms with E-state index in [4.69, 9.17) is 16.3 Å². The second kappa shape index (κ2) is 8.69. The molecule has 0 unspecified atom stereocenters. The Morgan fingerprint density at radius 2 is 1.83 bits per heavy atom. The highest BCUT2D eigenvalue weighted by atomic mass is 35.5. The highest BCUT2D eigenvalue weighted by molar-refractivity contribution is 7.18. The Labute approximate surface area is 180 Å². The Balaban J connectivity index is 1.41. The molecule has 4 aromatic rings. The minimum atomic E-state index is -0.256. The Morgan fingerprint density at radius 3 is 2.59 bits per heavy atom. The Kier molecular flexibility index (Phi) is 5.84. The van der Waals surface area contributed by atoms with Crippen molar-refractivity contribution in [2.24, 2.45) is 0 Å². The molecule has 0 aliphatic rings. The first-order chi connectivity index (χ1) is 14.1. The second-order valence-electron chi connectivity index (χ2n) is 6.00. The minimum absolute atomic E-state index is 0.256. The third-order valence-electron chi connectivity index (χ3n) is 3.89. The van der Waals surface area contributed by atoms with Crippen LogP contribution in [-0.2, 0) is 6.61 Å². The molecule has 0 fully saturated rings. The molecule has 4 rings (SSSR count).